The molecular weight excluding hydrogens is 256 g/mol. The molecule has 108 valence electrons. The Morgan fingerprint density at radius 2 is 1.76 bits per heavy atom. The third-order valence-electron chi connectivity index (χ3n) is 5.58. The standard InChI is InChI=1S/C19H22N2/c1-19(15-8-5-9-16(20)10-15)17-12-21(13-18(17)19)11-14-6-3-2-4-7-14/h2-10,17-18H,11-13,20H2,1H3. The third kappa shape index (κ3) is 2.06. The van der Waals surface area contributed by atoms with Crippen molar-refractivity contribution < 1.29 is 0 Å². The normalized spacial score (nSPS) is 31.1. The highest BCUT2D eigenvalue weighted by Crippen LogP contribution is 2.63. The van der Waals surface area contributed by atoms with E-state index in [-0.39, 0.29) is 0 Å². The molecule has 2 fully saturated rings. The van der Waals surface area contributed by atoms with Crippen LogP contribution in [0.2, 0.25) is 0 Å². The van der Waals surface area contributed by atoms with E-state index < -0.39 is 0 Å². The van der Waals surface area contributed by atoms with Gasteiger partial charge in [-0.2, -0.15) is 0 Å². The molecule has 2 unspecified atom stereocenters. The van der Waals surface area contributed by atoms with Gasteiger partial charge in [0.25, 0.3) is 0 Å². The Hall–Kier alpha value is -1.80. The van der Waals surface area contributed by atoms with Gasteiger partial charge < -0.3 is 5.73 Å². The van der Waals surface area contributed by atoms with Gasteiger partial charge in [-0.25, -0.2) is 0 Å². The number of hydrogen-bond donors (Lipinski definition) is 1. The molecule has 0 aromatic heterocycles. The van der Waals surface area contributed by atoms with Crippen LogP contribution >= 0.6 is 0 Å². The van der Waals surface area contributed by atoms with Crippen LogP contribution < -0.4 is 5.73 Å². The van der Waals surface area contributed by atoms with Crippen LogP contribution in [-0.4, -0.2) is 18.0 Å². The molecule has 0 bridgehead atoms. The first-order valence-electron chi connectivity index (χ1n) is 7.80. The second-order valence-electron chi connectivity index (χ2n) is 6.80. The van der Waals surface area contributed by atoms with E-state index in [9.17, 15) is 0 Å². The molecule has 2 aliphatic rings. The average Bonchev–Trinajstić information content (AvgIpc) is 2.85. The van der Waals surface area contributed by atoms with Gasteiger partial charge in [-0.15, -0.1) is 0 Å². The summed E-state index contributed by atoms with van der Waals surface area (Å²) in [5, 5.41) is 0. The summed E-state index contributed by atoms with van der Waals surface area (Å²) < 4.78 is 0. The second-order valence-corrected chi connectivity index (χ2v) is 6.80. The fourth-order valence-corrected chi connectivity index (χ4v) is 4.24. The van der Waals surface area contributed by atoms with Crippen LogP contribution in [0.15, 0.2) is 54.6 Å². The highest BCUT2D eigenvalue weighted by Gasteiger charge is 2.65. The Bertz CT molecular complexity index is 638. The Kier molecular flexibility index (Phi) is 2.83. The zero-order valence-corrected chi connectivity index (χ0v) is 12.5. The van der Waals surface area contributed by atoms with Crippen molar-refractivity contribution in [1.29, 1.82) is 0 Å². The molecule has 1 heterocycles. The van der Waals surface area contributed by atoms with Crippen molar-refractivity contribution in [2.75, 3.05) is 18.8 Å². The maximum Gasteiger partial charge on any atom is 0.0316 e. The van der Waals surface area contributed by atoms with Crippen LogP contribution in [0.25, 0.3) is 0 Å². The number of hydrogen-bond acceptors (Lipinski definition) is 2. The summed E-state index contributed by atoms with van der Waals surface area (Å²) >= 11 is 0. The molecule has 0 radical (unpaired) electrons. The number of likely N-dealkylation sites (tertiary alicyclic amines) is 1. The molecule has 21 heavy (non-hydrogen) atoms. The lowest BCUT2D eigenvalue weighted by Crippen LogP contribution is -2.28. The average molecular weight is 278 g/mol. The fraction of sp³-hybridized carbons (Fsp3) is 0.368. The molecule has 2 aromatic carbocycles. The molecule has 1 aliphatic carbocycles. The monoisotopic (exact) mass is 278 g/mol. The number of fused-ring (bicyclic) bond motifs is 1. The number of rotatable bonds is 3. The molecule has 2 aromatic rings. The van der Waals surface area contributed by atoms with E-state index in [1.54, 1.807) is 0 Å². The molecule has 2 N–H and O–H groups in total. The highest BCUT2D eigenvalue weighted by atomic mass is 15.2. The molecule has 0 spiro atoms. The number of nitrogens with two attached hydrogens (primary N) is 1. The smallest absolute Gasteiger partial charge is 0.0316 e. The zero-order chi connectivity index (χ0) is 14.4. The largest absolute Gasteiger partial charge is 0.399 e. The minimum absolute atomic E-state index is 0.350. The van der Waals surface area contributed by atoms with Crippen molar-refractivity contribution >= 4 is 5.69 Å². The molecule has 2 heteroatoms. The van der Waals surface area contributed by atoms with Gasteiger partial charge in [0, 0.05) is 30.7 Å². The zero-order valence-electron chi connectivity index (χ0n) is 12.5. The fourth-order valence-electron chi connectivity index (χ4n) is 4.24. The van der Waals surface area contributed by atoms with Crippen molar-refractivity contribution in [2.45, 2.75) is 18.9 Å². The Balaban J connectivity index is 1.45. The van der Waals surface area contributed by atoms with Crippen molar-refractivity contribution in [2.24, 2.45) is 11.8 Å². The van der Waals surface area contributed by atoms with Gasteiger partial charge >= 0.3 is 0 Å². The maximum atomic E-state index is 5.95. The van der Waals surface area contributed by atoms with Crippen LogP contribution in [-0.2, 0) is 12.0 Å². The van der Waals surface area contributed by atoms with E-state index in [1.807, 2.05) is 6.07 Å². The molecule has 2 nitrogen and oxygen atoms in total. The molecule has 4 rings (SSSR count). The lowest BCUT2D eigenvalue weighted by atomic mass is 9.92. The molecule has 1 saturated heterocycles. The lowest BCUT2D eigenvalue weighted by Gasteiger charge is -2.24. The van der Waals surface area contributed by atoms with Gasteiger partial charge in [-0.05, 0) is 35.1 Å². The highest BCUT2D eigenvalue weighted by molar-refractivity contribution is 5.47. The summed E-state index contributed by atoms with van der Waals surface area (Å²) in [5.41, 5.74) is 10.0. The first kappa shape index (κ1) is 12.9. The SMILES string of the molecule is CC1(c2cccc(N)c2)C2CN(Cc3ccccc3)CC21. The van der Waals surface area contributed by atoms with Gasteiger partial charge in [-0.1, -0.05) is 49.4 Å². The van der Waals surface area contributed by atoms with E-state index in [2.05, 4.69) is 60.4 Å². The molecular formula is C19H22N2. The van der Waals surface area contributed by atoms with Gasteiger partial charge in [0.2, 0.25) is 0 Å². The summed E-state index contributed by atoms with van der Waals surface area (Å²) in [7, 11) is 0. The quantitative estimate of drug-likeness (QED) is 0.873. The van der Waals surface area contributed by atoms with Crippen LogP contribution in [0.3, 0.4) is 0 Å². The van der Waals surface area contributed by atoms with Crippen LogP contribution in [0, 0.1) is 11.8 Å². The number of piperidine rings is 1. The minimum Gasteiger partial charge on any atom is -0.399 e. The summed E-state index contributed by atoms with van der Waals surface area (Å²) in [6.45, 7) is 5.92. The lowest BCUT2D eigenvalue weighted by molar-refractivity contribution is 0.270. The summed E-state index contributed by atoms with van der Waals surface area (Å²) in [5.74, 6) is 1.59. The molecule has 1 aliphatic heterocycles. The second kappa shape index (κ2) is 4.60. The van der Waals surface area contributed by atoms with E-state index in [0.717, 1.165) is 24.1 Å². The summed E-state index contributed by atoms with van der Waals surface area (Å²) in [6.07, 6.45) is 0. The Morgan fingerprint density at radius 1 is 1.05 bits per heavy atom. The Labute approximate surface area is 126 Å². The van der Waals surface area contributed by atoms with Gasteiger partial charge in [0.05, 0.1) is 0 Å². The van der Waals surface area contributed by atoms with Crippen LogP contribution in [0.1, 0.15) is 18.1 Å². The third-order valence-corrected chi connectivity index (χ3v) is 5.58. The first-order chi connectivity index (χ1) is 10.2. The minimum atomic E-state index is 0.350. The van der Waals surface area contributed by atoms with Gasteiger partial charge in [0.15, 0.2) is 0 Å². The van der Waals surface area contributed by atoms with Crippen molar-refractivity contribution in [3.05, 3.63) is 65.7 Å². The molecule has 1 saturated carbocycles. The van der Waals surface area contributed by atoms with Crippen LogP contribution in [0.5, 0.6) is 0 Å². The van der Waals surface area contributed by atoms with E-state index in [1.165, 1.54) is 24.2 Å². The first-order valence-corrected chi connectivity index (χ1v) is 7.80. The summed E-state index contributed by atoms with van der Waals surface area (Å²) in [4.78, 5) is 2.60. The van der Waals surface area contributed by atoms with E-state index >= 15 is 0 Å². The van der Waals surface area contributed by atoms with Crippen molar-refractivity contribution in [3.63, 3.8) is 0 Å². The predicted molar refractivity (Wildman–Crippen MR) is 86.9 cm³/mol. The van der Waals surface area contributed by atoms with Gasteiger partial charge in [0.1, 0.15) is 0 Å². The Morgan fingerprint density at radius 3 is 2.43 bits per heavy atom. The number of benzene rings is 2. The van der Waals surface area contributed by atoms with Crippen molar-refractivity contribution in [1.82, 2.24) is 4.90 Å². The van der Waals surface area contributed by atoms with Crippen LogP contribution in [0.4, 0.5) is 5.69 Å². The topological polar surface area (TPSA) is 29.3 Å². The number of nitrogens with zero attached hydrogens (tertiary/aromatic N) is 1. The van der Waals surface area contributed by atoms with E-state index in [4.69, 9.17) is 5.73 Å². The maximum absolute atomic E-state index is 5.95. The predicted octanol–water partition coefficient (Wildman–Crippen LogP) is 3.29. The molecule has 2 atom stereocenters. The van der Waals surface area contributed by atoms with Gasteiger partial charge in [-0.3, -0.25) is 4.90 Å². The van der Waals surface area contributed by atoms with E-state index in [0.29, 0.717) is 5.41 Å². The number of anilines is 1. The van der Waals surface area contributed by atoms with Crippen molar-refractivity contribution in [3.8, 4) is 0 Å². The number of nitrogen functional groups attached to an aromatic ring is 1. The molecule has 0 amide bonds. The summed E-state index contributed by atoms with van der Waals surface area (Å²) in [6, 6.07) is 19.3.